The predicted octanol–water partition coefficient (Wildman–Crippen LogP) is 3.19. The first-order chi connectivity index (χ1) is 12.9. The van der Waals surface area contributed by atoms with E-state index in [1.54, 1.807) is 38.1 Å². The van der Waals surface area contributed by atoms with E-state index in [2.05, 4.69) is 5.32 Å². The zero-order valence-corrected chi connectivity index (χ0v) is 16.8. The molecular formula is C20H26N2O4S. The second-order valence-electron chi connectivity index (χ2n) is 5.88. The van der Waals surface area contributed by atoms with Crippen LogP contribution in [0.15, 0.2) is 48.5 Å². The van der Waals surface area contributed by atoms with E-state index in [9.17, 15) is 13.2 Å². The van der Waals surface area contributed by atoms with Crippen LogP contribution >= 0.6 is 0 Å². The lowest BCUT2D eigenvalue weighted by Crippen LogP contribution is -2.32. The number of hydrogen-bond donors (Lipinski definition) is 1. The molecule has 27 heavy (non-hydrogen) atoms. The molecule has 0 aliphatic rings. The van der Waals surface area contributed by atoms with Gasteiger partial charge in [-0.2, -0.15) is 0 Å². The third-order valence-corrected chi connectivity index (χ3v) is 5.94. The van der Waals surface area contributed by atoms with Crippen LogP contribution in [0.2, 0.25) is 0 Å². The van der Waals surface area contributed by atoms with Crippen molar-refractivity contribution in [1.82, 2.24) is 5.32 Å². The van der Waals surface area contributed by atoms with E-state index in [1.165, 1.54) is 4.31 Å². The van der Waals surface area contributed by atoms with Crippen LogP contribution in [0.25, 0.3) is 0 Å². The standard InChI is InChI=1S/C20H26N2O4S/c1-4-22(27(24,25)6-3)18-12-10-17(11-13-18)20(23)21-15-16-8-7-9-19(14-16)26-5-2/h7-14H,4-6,15H2,1-3H3,(H,21,23). The number of nitrogens with zero attached hydrogens (tertiary/aromatic N) is 1. The van der Waals surface area contributed by atoms with Crippen molar-refractivity contribution in [2.45, 2.75) is 27.3 Å². The molecule has 0 unspecified atom stereocenters. The van der Waals surface area contributed by atoms with Crippen molar-refractivity contribution in [3.05, 3.63) is 59.7 Å². The van der Waals surface area contributed by atoms with Gasteiger partial charge >= 0.3 is 0 Å². The molecule has 2 aromatic rings. The highest BCUT2D eigenvalue weighted by atomic mass is 32.2. The van der Waals surface area contributed by atoms with E-state index in [4.69, 9.17) is 4.74 Å². The van der Waals surface area contributed by atoms with Crippen molar-refractivity contribution in [2.24, 2.45) is 0 Å². The summed E-state index contributed by atoms with van der Waals surface area (Å²) in [5, 5.41) is 2.86. The quantitative estimate of drug-likeness (QED) is 0.713. The fourth-order valence-corrected chi connectivity index (χ4v) is 3.82. The molecule has 7 heteroatoms. The molecule has 0 aliphatic heterocycles. The van der Waals surface area contributed by atoms with Crippen LogP contribution in [0.1, 0.15) is 36.7 Å². The van der Waals surface area contributed by atoms with Crippen LogP contribution in [-0.4, -0.2) is 33.2 Å². The molecule has 0 atom stereocenters. The molecule has 0 aliphatic carbocycles. The Balaban J connectivity index is 2.04. The Morgan fingerprint density at radius 3 is 2.37 bits per heavy atom. The summed E-state index contributed by atoms with van der Waals surface area (Å²) in [5.74, 6) is 0.583. The Labute approximate surface area is 161 Å². The lowest BCUT2D eigenvalue weighted by atomic mass is 10.1. The molecule has 0 fully saturated rings. The summed E-state index contributed by atoms with van der Waals surface area (Å²) in [5.41, 5.74) is 1.97. The van der Waals surface area contributed by atoms with Crippen molar-refractivity contribution in [1.29, 1.82) is 0 Å². The summed E-state index contributed by atoms with van der Waals surface area (Å²) < 4.78 is 31.0. The summed E-state index contributed by atoms with van der Waals surface area (Å²) in [6, 6.07) is 14.1. The highest BCUT2D eigenvalue weighted by Crippen LogP contribution is 2.19. The summed E-state index contributed by atoms with van der Waals surface area (Å²) >= 11 is 0. The number of anilines is 1. The molecule has 0 heterocycles. The summed E-state index contributed by atoms with van der Waals surface area (Å²) in [7, 11) is -3.33. The fraction of sp³-hybridized carbons (Fsp3) is 0.350. The van der Waals surface area contributed by atoms with E-state index >= 15 is 0 Å². The maximum atomic E-state index is 12.4. The molecule has 0 bridgehead atoms. The first kappa shape index (κ1) is 20.8. The predicted molar refractivity (Wildman–Crippen MR) is 108 cm³/mol. The number of carbonyl (C=O) groups excluding carboxylic acids is 1. The molecule has 0 saturated heterocycles. The van der Waals surface area contributed by atoms with E-state index < -0.39 is 10.0 Å². The van der Waals surface area contributed by atoms with Crippen molar-refractivity contribution in [2.75, 3.05) is 23.2 Å². The summed E-state index contributed by atoms with van der Waals surface area (Å²) in [6.45, 7) is 6.63. The number of benzene rings is 2. The Hall–Kier alpha value is -2.54. The molecule has 1 N–H and O–H groups in total. The smallest absolute Gasteiger partial charge is 0.251 e. The average Bonchev–Trinajstić information content (AvgIpc) is 2.67. The van der Waals surface area contributed by atoms with Gasteiger partial charge in [-0.3, -0.25) is 9.10 Å². The number of ether oxygens (including phenoxy) is 1. The van der Waals surface area contributed by atoms with Gasteiger partial charge in [0.2, 0.25) is 10.0 Å². The minimum absolute atomic E-state index is 0.0316. The van der Waals surface area contributed by atoms with Crippen molar-refractivity contribution >= 4 is 21.6 Å². The monoisotopic (exact) mass is 390 g/mol. The maximum absolute atomic E-state index is 12.4. The first-order valence-corrected chi connectivity index (χ1v) is 10.6. The highest BCUT2D eigenvalue weighted by Gasteiger charge is 2.18. The minimum Gasteiger partial charge on any atom is -0.494 e. The second kappa shape index (κ2) is 9.41. The fourth-order valence-electron chi connectivity index (χ4n) is 2.67. The number of hydrogen-bond acceptors (Lipinski definition) is 4. The van der Waals surface area contributed by atoms with Crippen molar-refractivity contribution in [3.8, 4) is 5.75 Å². The molecule has 0 saturated carbocycles. The zero-order valence-electron chi connectivity index (χ0n) is 15.9. The third kappa shape index (κ3) is 5.47. The van der Waals surface area contributed by atoms with Crippen LogP contribution in [0.4, 0.5) is 5.69 Å². The Kier molecular flexibility index (Phi) is 7.24. The van der Waals surface area contributed by atoms with Gasteiger partial charge in [0.25, 0.3) is 5.91 Å². The van der Waals surface area contributed by atoms with Crippen LogP contribution in [0.5, 0.6) is 5.75 Å². The molecule has 6 nitrogen and oxygen atoms in total. The molecule has 0 spiro atoms. The lowest BCUT2D eigenvalue weighted by molar-refractivity contribution is 0.0951. The number of rotatable bonds is 9. The molecule has 146 valence electrons. The highest BCUT2D eigenvalue weighted by molar-refractivity contribution is 7.92. The number of amides is 1. The maximum Gasteiger partial charge on any atom is 0.251 e. The Morgan fingerprint density at radius 1 is 1.07 bits per heavy atom. The van der Waals surface area contributed by atoms with E-state index in [0.29, 0.717) is 30.9 Å². The van der Waals surface area contributed by atoms with Crippen LogP contribution in [0.3, 0.4) is 0 Å². The van der Waals surface area contributed by atoms with Gasteiger partial charge < -0.3 is 10.1 Å². The minimum atomic E-state index is -3.33. The van der Waals surface area contributed by atoms with Gasteiger partial charge in [-0.1, -0.05) is 12.1 Å². The molecule has 2 aromatic carbocycles. The van der Waals surface area contributed by atoms with Crippen molar-refractivity contribution < 1.29 is 17.9 Å². The molecule has 2 rings (SSSR count). The van der Waals surface area contributed by atoms with Crippen LogP contribution < -0.4 is 14.4 Å². The molecular weight excluding hydrogens is 364 g/mol. The topological polar surface area (TPSA) is 75.7 Å². The average molecular weight is 391 g/mol. The van der Waals surface area contributed by atoms with Crippen molar-refractivity contribution in [3.63, 3.8) is 0 Å². The molecule has 1 amide bonds. The summed E-state index contributed by atoms with van der Waals surface area (Å²) in [6.07, 6.45) is 0. The second-order valence-corrected chi connectivity index (χ2v) is 8.06. The lowest BCUT2D eigenvalue weighted by Gasteiger charge is -2.22. The van der Waals surface area contributed by atoms with Crippen LogP contribution in [0, 0.1) is 0 Å². The Morgan fingerprint density at radius 2 is 1.78 bits per heavy atom. The zero-order chi connectivity index (χ0) is 19.9. The van der Waals surface area contributed by atoms with Gasteiger partial charge in [-0.25, -0.2) is 8.42 Å². The van der Waals surface area contributed by atoms with Gasteiger partial charge in [-0.15, -0.1) is 0 Å². The van der Waals surface area contributed by atoms with Gasteiger partial charge in [0.15, 0.2) is 0 Å². The molecule has 0 radical (unpaired) electrons. The normalized spacial score (nSPS) is 11.1. The molecule has 0 aromatic heterocycles. The largest absolute Gasteiger partial charge is 0.494 e. The van der Waals surface area contributed by atoms with E-state index in [-0.39, 0.29) is 11.7 Å². The summed E-state index contributed by atoms with van der Waals surface area (Å²) in [4.78, 5) is 12.4. The number of carbonyl (C=O) groups is 1. The van der Waals surface area contributed by atoms with Gasteiger partial charge in [0.1, 0.15) is 5.75 Å². The van der Waals surface area contributed by atoms with Crippen LogP contribution in [-0.2, 0) is 16.6 Å². The number of sulfonamides is 1. The van der Waals surface area contributed by atoms with Gasteiger partial charge in [-0.05, 0) is 62.7 Å². The van der Waals surface area contributed by atoms with Gasteiger partial charge in [0.05, 0.1) is 18.0 Å². The Bertz CT molecular complexity index is 864. The van der Waals surface area contributed by atoms with E-state index in [1.807, 2.05) is 31.2 Å². The van der Waals surface area contributed by atoms with E-state index in [0.717, 1.165) is 11.3 Å². The number of nitrogens with one attached hydrogen (secondary N) is 1. The SMILES string of the molecule is CCOc1cccc(CNC(=O)c2ccc(N(CC)S(=O)(=O)CC)cc2)c1. The van der Waals surface area contributed by atoms with Gasteiger partial charge in [0, 0.05) is 18.7 Å². The third-order valence-electron chi connectivity index (χ3n) is 4.07. The first-order valence-electron chi connectivity index (χ1n) is 9.01.